The van der Waals surface area contributed by atoms with Crippen molar-refractivity contribution >= 4 is 0 Å². The highest BCUT2D eigenvalue weighted by atomic mass is 16.7. The zero-order valence-electron chi connectivity index (χ0n) is 11.6. The molecule has 4 heteroatoms. The van der Waals surface area contributed by atoms with Crippen LogP contribution in [0.5, 0.6) is 0 Å². The van der Waals surface area contributed by atoms with Gasteiger partial charge in [-0.1, -0.05) is 20.3 Å². The molecule has 0 aromatic heterocycles. The summed E-state index contributed by atoms with van der Waals surface area (Å²) in [7, 11) is 5.38. The van der Waals surface area contributed by atoms with Gasteiger partial charge in [0.15, 0.2) is 6.29 Å². The van der Waals surface area contributed by atoms with Gasteiger partial charge in [0.25, 0.3) is 0 Å². The van der Waals surface area contributed by atoms with Gasteiger partial charge in [-0.25, -0.2) is 0 Å². The van der Waals surface area contributed by atoms with Crippen LogP contribution in [0.1, 0.15) is 27.2 Å². The minimum absolute atomic E-state index is 0.285. The number of rotatable bonds is 8. The summed E-state index contributed by atoms with van der Waals surface area (Å²) >= 11 is 0. The largest absolute Gasteiger partial charge is 0.354 e. The lowest BCUT2D eigenvalue weighted by molar-refractivity contribution is -0.178. The zero-order valence-corrected chi connectivity index (χ0v) is 11.6. The molecule has 0 aliphatic carbocycles. The van der Waals surface area contributed by atoms with E-state index in [1.165, 1.54) is 0 Å². The molecule has 2 unspecified atom stereocenters. The average Bonchev–Trinajstić information content (AvgIpc) is 2.29. The molecular formula is C12H28N2O2. The van der Waals surface area contributed by atoms with E-state index in [1.807, 2.05) is 0 Å². The summed E-state index contributed by atoms with van der Waals surface area (Å²) in [6.45, 7) is 8.01. The number of nitrogens with zero attached hydrogens (tertiary/aromatic N) is 1. The van der Waals surface area contributed by atoms with E-state index in [-0.39, 0.29) is 11.8 Å². The lowest BCUT2D eigenvalue weighted by Crippen LogP contribution is -2.59. The van der Waals surface area contributed by atoms with Crippen molar-refractivity contribution in [3.8, 4) is 0 Å². The summed E-state index contributed by atoms with van der Waals surface area (Å²) < 4.78 is 10.7. The molecule has 0 aromatic carbocycles. The van der Waals surface area contributed by atoms with E-state index in [0.29, 0.717) is 12.5 Å². The molecule has 0 radical (unpaired) electrons. The lowest BCUT2D eigenvalue weighted by Gasteiger charge is -2.43. The Bertz CT molecular complexity index is 186. The number of likely N-dealkylation sites (N-methyl/N-ethyl adjacent to an activating group) is 1. The topological polar surface area (TPSA) is 47.7 Å². The predicted molar refractivity (Wildman–Crippen MR) is 67.4 cm³/mol. The highest BCUT2D eigenvalue weighted by molar-refractivity contribution is 4.89. The summed E-state index contributed by atoms with van der Waals surface area (Å²) in [4.78, 5) is 2.23. The maximum Gasteiger partial charge on any atom is 0.176 e. The third kappa shape index (κ3) is 3.70. The molecule has 0 aromatic rings. The van der Waals surface area contributed by atoms with E-state index in [2.05, 4.69) is 32.7 Å². The molecule has 4 nitrogen and oxygen atoms in total. The van der Waals surface area contributed by atoms with Gasteiger partial charge in [0, 0.05) is 27.3 Å². The van der Waals surface area contributed by atoms with Crippen LogP contribution in [0.25, 0.3) is 0 Å². The van der Waals surface area contributed by atoms with Gasteiger partial charge in [-0.15, -0.1) is 0 Å². The Morgan fingerprint density at radius 1 is 1.31 bits per heavy atom. The van der Waals surface area contributed by atoms with E-state index < -0.39 is 0 Å². The van der Waals surface area contributed by atoms with Crippen molar-refractivity contribution in [1.29, 1.82) is 0 Å². The molecule has 98 valence electrons. The quantitative estimate of drug-likeness (QED) is 0.641. The second-order valence-electron chi connectivity index (χ2n) is 4.76. The van der Waals surface area contributed by atoms with Crippen LogP contribution in [0.2, 0.25) is 0 Å². The molecular weight excluding hydrogens is 204 g/mol. The third-order valence-corrected chi connectivity index (χ3v) is 3.50. The van der Waals surface area contributed by atoms with Crippen LogP contribution in [-0.4, -0.2) is 51.1 Å². The second kappa shape index (κ2) is 7.22. The van der Waals surface area contributed by atoms with E-state index in [9.17, 15) is 0 Å². The van der Waals surface area contributed by atoms with Gasteiger partial charge in [-0.3, -0.25) is 4.90 Å². The summed E-state index contributed by atoms with van der Waals surface area (Å²) in [5.41, 5.74) is 5.59. The number of hydrogen-bond acceptors (Lipinski definition) is 4. The lowest BCUT2D eigenvalue weighted by atomic mass is 9.97. The Hall–Kier alpha value is -0.160. The highest BCUT2D eigenvalue weighted by Gasteiger charge is 2.37. The smallest absolute Gasteiger partial charge is 0.176 e. The van der Waals surface area contributed by atoms with E-state index in [1.54, 1.807) is 14.2 Å². The molecule has 16 heavy (non-hydrogen) atoms. The Balaban J connectivity index is 4.65. The van der Waals surface area contributed by atoms with Crippen LogP contribution in [-0.2, 0) is 9.47 Å². The van der Waals surface area contributed by atoms with Crippen molar-refractivity contribution in [3.63, 3.8) is 0 Å². The Labute approximate surface area is 100 Å². The van der Waals surface area contributed by atoms with Crippen molar-refractivity contribution in [2.45, 2.75) is 39.0 Å². The Morgan fingerprint density at radius 3 is 2.12 bits per heavy atom. The van der Waals surface area contributed by atoms with Gasteiger partial charge in [-0.2, -0.15) is 0 Å². The van der Waals surface area contributed by atoms with Crippen molar-refractivity contribution < 1.29 is 9.47 Å². The first-order valence-electron chi connectivity index (χ1n) is 5.93. The molecule has 0 spiro atoms. The van der Waals surface area contributed by atoms with Gasteiger partial charge in [0.2, 0.25) is 0 Å². The van der Waals surface area contributed by atoms with Gasteiger partial charge in [0.05, 0.1) is 5.54 Å². The van der Waals surface area contributed by atoms with Crippen LogP contribution in [0, 0.1) is 5.92 Å². The molecule has 0 fully saturated rings. The van der Waals surface area contributed by atoms with Crippen LogP contribution >= 0.6 is 0 Å². The van der Waals surface area contributed by atoms with Crippen molar-refractivity contribution in [1.82, 2.24) is 4.90 Å². The SMILES string of the molecule is CCC(C)CN(C)C(C)(CN)C(OC)OC. The van der Waals surface area contributed by atoms with Crippen LogP contribution in [0.4, 0.5) is 0 Å². The first-order valence-corrected chi connectivity index (χ1v) is 5.93. The molecule has 0 aliphatic heterocycles. The fraction of sp³-hybridized carbons (Fsp3) is 1.00. The van der Waals surface area contributed by atoms with Gasteiger partial charge in [0.1, 0.15) is 0 Å². The zero-order chi connectivity index (χ0) is 12.8. The average molecular weight is 232 g/mol. The molecule has 0 bridgehead atoms. The van der Waals surface area contributed by atoms with Gasteiger partial charge in [-0.05, 0) is 19.9 Å². The molecule has 0 heterocycles. The van der Waals surface area contributed by atoms with Crippen molar-refractivity contribution in [2.75, 3.05) is 34.4 Å². The fourth-order valence-electron chi connectivity index (χ4n) is 1.84. The van der Waals surface area contributed by atoms with Crippen LogP contribution < -0.4 is 5.73 Å². The van der Waals surface area contributed by atoms with Crippen molar-refractivity contribution in [3.05, 3.63) is 0 Å². The maximum atomic E-state index is 5.88. The van der Waals surface area contributed by atoms with Crippen LogP contribution in [0.15, 0.2) is 0 Å². The first-order chi connectivity index (χ1) is 7.46. The van der Waals surface area contributed by atoms with E-state index >= 15 is 0 Å². The van der Waals surface area contributed by atoms with Crippen LogP contribution in [0.3, 0.4) is 0 Å². The highest BCUT2D eigenvalue weighted by Crippen LogP contribution is 2.21. The number of hydrogen-bond donors (Lipinski definition) is 1. The standard InChI is InChI=1S/C12H28N2O2/c1-7-10(2)8-14(4)12(3,9-13)11(15-5)16-6/h10-11H,7-9,13H2,1-6H3. The van der Waals surface area contributed by atoms with Crippen molar-refractivity contribution in [2.24, 2.45) is 11.7 Å². The summed E-state index contributed by atoms with van der Waals surface area (Å²) in [6, 6.07) is 0. The van der Waals surface area contributed by atoms with E-state index in [4.69, 9.17) is 15.2 Å². The number of ether oxygens (including phenoxy) is 2. The first kappa shape index (κ1) is 15.8. The fourth-order valence-corrected chi connectivity index (χ4v) is 1.84. The molecule has 0 aliphatic rings. The minimum Gasteiger partial charge on any atom is -0.354 e. The summed E-state index contributed by atoms with van der Waals surface area (Å²) in [6.07, 6.45) is 0.863. The third-order valence-electron chi connectivity index (χ3n) is 3.50. The molecule has 2 N–H and O–H groups in total. The van der Waals surface area contributed by atoms with Gasteiger partial charge >= 0.3 is 0 Å². The molecule has 0 rings (SSSR count). The number of nitrogens with two attached hydrogens (primary N) is 1. The summed E-state index contributed by atoms with van der Waals surface area (Å²) in [5, 5.41) is 0. The monoisotopic (exact) mass is 232 g/mol. The molecule has 2 atom stereocenters. The Morgan fingerprint density at radius 2 is 1.81 bits per heavy atom. The van der Waals surface area contributed by atoms with E-state index in [0.717, 1.165) is 13.0 Å². The second-order valence-corrected chi connectivity index (χ2v) is 4.76. The normalized spacial score (nSPS) is 17.8. The minimum atomic E-state index is -0.299. The molecule has 0 amide bonds. The predicted octanol–water partition coefficient (Wildman–Crippen LogP) is 1.30. The molecule has 0 saturated heterocycles. The molecule has 0 saturated carbocycles. The number of methoxy groups -OCH3 is 2. The maximum absolute atomic E-state index is 5.88. The summed E-state index contributed by atoms with van der Waals surface area (Å²) in [5.74, 6) is 0.644. The van der Waals surface area contributed by atoms with Gasteiger partial charge < -0.3 is 15.2 Å². The Kier molecular flexibility index (Phi) is 7.15.